The molecular formula is C22H23F2N5S. The van der Waals surface area contributed by atoms with Gasteiger partial charge in [0.2, 0.25) is 0 Å². The first-order chi connectivity index (χ1) is 14.5. The number of nitrogens with zero attached hydrogens (tertiary/aromatic N) is 5. The van der Waals surface area contributed by atoms with Crippen LogP contribution in [0.25, 0.3) is 10.9 Å². The number of anilines is 1. The smallest absolute Gasteiger partial charge is 0.278 e. The lowest BCUT2D eigenvalue weighted by Crippen LogP contribution is -2.14. The summed E-state index contributed by atoms with van der Waals surface area (Å²) in [6.45, 7) is 4.96. The van der Waals surface area contributed by atoms with Crippen LogP contribution in [0.15, 0.2) is 58.9 Å². The maximum absolute atomic E-state index is 12.8. The monoisotopic (exact) mass is 427 g/mol. The lowest BCUT2D eigenvalue weighted by molar-refractivity contribution is 0.224. The third-order valence-electron chi connectivity index (χ3n) is 5.09. The van der Waals surface area contributed by atoms with E-state index >= 15 is 0 Å². The van der Waals surface area contributed by atoms with Crippen molar-refractivity contribution in [1.82, 2.24) is 9.78 Å². The van der Waals surface area contributed by atoms with Crippen molar-refractivity contribution in [1.29, 1.82) is 0 Å². The number of benzene rings is 2. The summed E-state index contributed by atoms with van der Waals surface area (Å²) in [5, 5.41) is 13.1. The van der Waals surface area contributed by atoms with Crippen LogP contribution in [-0.4, -0.2) is 33.9 Å². The fraction of sp³-hybridized carbons (Fsp3) is 0.318. The van der Waals surface area contributed by atoms with E-state index in [2.05, 4.69) is 57.9 Å². The average Bonchev–Trinajstić information content (AvgIpc) is 3.39. The van der Waals surface area contributed by atoms with Crippen LogP contribution in [0.1, 0.15) is 37.4 Å². The Bertz CT molecular complexity index is 1100. The Labute approximate surface area is 178 Å². The van der Waals surface area contributed by atoms with E-state index in [0.717, 1.165) is 27.7 Å². The van der Waals surface area contributed by atoms with Gasteiger partial charge in [0.15, 0.2) is 0 Å². The van der Waals surface area contributed by atoms with Gasteiger partial charge in [-0.25, -0.2) is 8.78 Å². The van der Waals surface area contributed by atoms with Crippen molar-refractivity contribution in [2.45, 2.75) is 39.3 Å². The molecule has 0 spiro atoms. The molecule has 0 atom stereocenters. The van der Waals surface area contributed by atoms with E-state index in [1.165, 1.54) is 0 Å². The molecule has 8 heteroatoms. The van der Waals surface area contributed by atoms with E-state index in [1.54, 1.807) is 11.9 Å². The number of alkyl halides is 2. The van der Waals surface area contributed by atoms with Crippen LogP contribution < -0.4 is 4.31 Å². The van der Waals surface area contributed by atoms with Crippen LogP contribution in [-0.2, 0) is 6.54 Å². The van der Waals surface area contributed by atoms with E-state index in [0.29, 0.717) is 18.3 Å². The van der Waals surface area contributed by atoms with E-state index in [1.807, 2.05) is 35.1 Å². The minimum Gasteiger partial charge on any atom is -0.312 e. The molecule has 1 aliphatic rings. The standard InChI is InChI=1S/C22H23F2N5S/c1-14(2)29-21-10-18(9-8-17(21)12-25-29)28(30-3)13-15-4-6-16(7-5-15)19-11-20(22(23)24)27-26-19/h4-10,12,14,22H,11,13H2,1-3H3. The van der Waals surface area contributed by atoms with Gasteiger partial charge in [0, 0.05) is 29.8 Å². The number of hydrogen-bond acceptors (Lipinski definition) is 5. The van der Waals surface area contributed by atoms with Gasteiger partial charge in [0.1, 0.15) is 5.71 Å². The molecule has 0 saturated carbocycles. The quantitative estimate of drug-likeness (QED) is 0.453. The van der Waals surface area contributed by atoms with Crippen LogP contribution in [0.5, 0.6) is 0 Å². The number of halogens is 2. The van der Waals surface area contributed by atoms with E-state index < -0.39 is 6.43 Å². The molecule has 0 radical (unpaired) electrons. The van der Waals surface area contributed by atoms with Crippen LogP contribution in [0, 0.1) is 0 Å². The largest absolute Gasteiger partial charge is 0.312 e. The zero-order chi connectivity index (χ0) is 21.3. The highest BCUT2D eigenvalue weighted by Crippen LogP contribution is 2.29. The second-order valence-electron chi connectivity index (χ2n) is 7.46. The fourth-order valence-electron chi connectivity index (χ4n) is 3.47. The molecule has 1 aliphatic heterocycles. The first kappa shape index (κ1) is 20.5. The fourth-order valence-corrected chi connectivity index (χ4v) is 4.07. The predicted molar refractivity (Wildman–Crippen MR) is 121 cm³/mol. The van der Waals surface area contributed by atoms with Gasteiger partial charge >= 0.3 is 0 Å². The van der Waals surface area contributed by atoms with Gasteiger partial charge in [-0.2, -0.15) is 15.3 Å². The summed E-state index contributed by atoms with van der Waals surface area (Å²) in [6.07, 6.45) is 1.51. The third kappa shape index (κ3) is 4.09. The molecule has 156 valence electrons. The van der Waals surface area contributed by atoms with Crippen molar-refractivity contribution in [3.8, 4) is 0 Å². The molecule has 0 aliphatic carbocycles. The summed E-state index contributed by atoms with van der Waals surface area (Å²) < 4.78 is 29.8. The molecule has 3 aromatic rings. The summed E-state index contributed by atoms with van der Waals surface area (Å²) in [6, 6.07) is 14.5. The van der Waals surface area contributed by atoms with Crippen molar-refractivity contribution in [2.75, 3.05) is 10.6 Å². The summed E-state index contributed by atoms with van der Waals surface area (Å²) in [5.74, 6) is 0. The summed E-state index contributed by atoms with van der Waals surface area (Å²) in [5.41, 5.74) is 4.60. The first-order valence-electron chi connectivity index (χ1n) is 9.76. The van der Waals surface area contributed by atoms with Crippen molar-refractivity contribution in [3.63, 3.8) is 0 Å². The van der Waals surface area contributed by atoms with E-state index in [9.17, 15) is 8.78 Å². The second-order valence-corrected chi connectivity index (χ2v) is 8.26. The maximum Gasteiger partial charge on any atom is 0.278 e. The normalized spacial score (nSPS) is 14.0. The molecule has 4 rings (SSSR count). The number of rotatable bonds is 7. The molecule has 0 unspecified atom stereocenters. The molecule has 30 heavy (non-hydrogen) atoms. The lowest BCUT2D eigenvalue weighted by Gasteiger charge is -2.22. The highest BCUT2D eigenvalue weighted by molar-refractivity contribution is 7.99. The molecule has 0 fully saturated rings. The Morgan fingerprint density at radius 1 is 1.10 bits per heavy atom. The molecule has 2 heterocycles. The molecule has 0 N–H and O–H groups in total. The topological polar surface area (TPSA) is 45.8 Å². The molecule has 2 aromatic carbocycles. The van der Waals surface area contributed by atoms with Gasteiger partial charge in [-0.15, -0.1) is 0 Å². The van der Waals surface area contributed by atoms with Crippen LogP contribution in [0.3, 0.4) is 0 Å². The van der Waals surface area contributed by atoms with Gasteiger partial charge in [-0.3, -0.25) is 4.68 Å². The van der Waals surface area contributed by atoms with Crippen molar-refractivity contribution in [3.05, 3.63) is 59.8 Å². The van der Waals surface area contributed by atoms with Crippen molar-refractivity contribution < 1.29 is 8.78 Å². The SMILES string of the molecule is CSN(Cc1ccc(C2=NN=C(C(F)F)C2)cc1)c1ccc2cnn(C(C)C)c2c1. The van der Waals surface area contributed by atoms with Crippen molar-refractivity contribution >= 4 is 40.0 Å². The number of hydrogen-bond donors (Lipinski definition) is 0. The minimum atomic E-state index is -2.55. The average molecular weight is 428 g/mol. The Morgan fingerprint density at radius 3 is 2.50 bits per heavy atom. The highest BCUT2D eigenvalue weighted by atomic mass is 32.2. The van der Waals surface area contributed by atoms with Crippen LogP contribution >= 0.6 is 11.9 Å². The van der Waals surface area contributed by atoms with Gasteiger partial charge in [-0.05, 0) is 43.2 Å². The maximum atomic E-state index is 12.8. The molecule has 0 amide bonds. The Balaban J connectivity index is 1.50. The summed E-state index contributed by atoms with van der Waals surface area (Å²) in [7, 11) is 0. The second kappa shape index (κ2) is 8.55. The van der Waals surface area contributed by atoms with Crippen LogP contribution in [0.4, 0.5) is 14.5 Å². The predicted octanol–water partition coefficient (Wildman–Crippen LogP) is 5.72. The summed E-state index contributed by atoms with van der Waals surface area (Å²) in [4.78, 5) is 0. The van der Waals surface area contributed by atoms with Gasteiger partial charge in [0.05, 0.1) is 24.0 Å². The van der Waals surface area contributed by atoms with Crippen molar-refractivity contribution in [2.24, 2.45) is 10.2 Å². The van der Waals surface area contributed by atoms with Gasteiger partial charge < -0.3 is 4.31 Å². The Morgan fingerprint density at radius 2 is 1.87 bits per heavy atom. The molecule has 0 saturated heterocycles. The van der Waals surface area contributed by atoms with Crippen LogP contribution in [0.2, 0.25) is 0 Å². The lowest BCUT2D eigenvalue weighted by atomic mass is 10.0. The molecule has 1 aromatic heterocycles. The third-order valence-corrected chi connectivity index (χ3v) is 5.87. The Kier molecular flexibility index (Phi) is 5.85. The van der Waals surface area contributed by atoms with Gasteiger partial charge in [0.25, 0.3) is 6.43 Å². The molecular weight excluding hydrogens is 404 g/mol. The zero-order valence-corrected chi connectivity index (χ0v) is 17.9. The Hall–Kier alpha value is -2.74. The molecule has 0 bridgehead atoms. The number of aromatic nitrogens is 2. The number of fused-ring (bicyclic) bond motifs is 1. The highest BCUT2D eigenvalue weighted by Gasteiger charge is 2.21. The van der Waals surface area contributed by atoms with E-state index in [-0.39, 0.29) is 12.1 Å². The first-order valence-corrected chi connectivity index (χ1v) is 10.9. The minimum absolute atomic E-state index is 0.109. The zero-order valence-electron chi connectivity index (χ0n) is 17.1. The van der Waals surface area contributed by atoms with E-state index in [4.69, 9.17) is 0 Å². The molecule has 5 nitrogen and oxygen atoms in total. The summed E-state index contributed by atoms with van der Waals surface area (Å²) >= 11 is 1.65. The van der Waals surface area contributed by atoms with Gasteiger partial charge in [-0.1, -0.05) is 36.2 Å².